The first-order valence-electron chi connectivity index (χ1n) is 18.4. The number of hydrazine groups is 1. The Bertz CT molecular complexity index is 2350. The molecule has 4 aromatic carbocycles. The zero-order valence-electron chi connectivity index (χ0n) is 32.9. The Balaban J connectivity index is 0.000000287. The summed E-state index contributed by atoms with van der Waals surface area (Å²) in [5.74, 6) is -2.13. The first-order chi connectivity index (χ1) is 28.6. The summed E-state index contributed by atoms with van der Waals surface area (Å²) < 4.78 is 37.2. The van der Waals surface area contributed by atoms with Crippen LogP contribution < -0.4 is 21.5 Å². The van der Waals surface area contributed by atoms with Crippen LogP contribution in [0.1, 0.15) is 67.5 Å². The van der Waals surface area contributed by atoms with E-state index in [1.54, 1.807) is 51.1 Å². The number of anilines is 2. The smallest absolute Gasteiger partial charge is 0.269 e. The van der Waals surface area contributed by atoms with Crippen molar-refractivity contribution in [2.75, 3.05) is 23.8 Å². The second-order valence-electron chi connectivity index (χ2n) is 13.3. The van der Waals surface area contributed by atoms with Gasteiger partial charge >= 0.3 is 0 Å². The van der Waals surface area contributed by atoms with E-state index >= 15 is 0 Å². The van der Waals surface area contributed by atoms with Gasteiger partial charge in [0.25, 0.3) is 11.8 Å². The van der Waals surface area contributed by atoms with Gasteiger partial charge in [0.05, 0.1) is 35.4 Å². The first-order valence-corrected chi connectivity index (χ1v) is 19.2. The fourth-order valence-corrected chi connectivity index (χ4v) is 5.88. The van der Waals surface area contributed by atoms with Crippen molar-refractivity contribution in [3.63, 3.8) is 0 Å². The Morgan fingerprint density at radius 3 is 1.84 bits per heavy atom. The maximum absolute atomic E-state index is 13.4. The fraction of sp³-hybridized carbons (Fsp3) is 0.302. The molecule has 61 heavy (non-hydrogen) atoms. The van der Waals surface area contributed by atoms with Crippen LogP contribution in [0.15, 0.2) is 77.2 Å². The Labute approximate surface area is 362 Å². The molecule has 1 aromatic heterocycles. The van der Waals surface area contributed by atoms with Gasteiger partial charge in [-0.15, -0.1) is 10.2 Å². The lowest BCUT2D eigenvalue weighted by molar-refractivity contribution is -0.124. The van der Waals surface area contributed by atoms with E-state index in [1.807, 2.05) is 0 Å². The molecule has 322 valence electrons. The van der Waals surface area contributed by atoms with Crippen LogP contribution in [0.3, 0.4) is 0 Å². The largest absolute Gasteiger partial charge is 0.418 e. The predicted molar refractivity (Wildman–Crippen MR) is 231 cm³/mol. The van der Waals surface area contributed by atoms with E-state index in [9.17, 15) is 28.6 Å². The van der Waals surface area contributed by atoms with Gasteiger partial charge in [-0.25, -0.2) is 18.5 Å². The number of hydrogen-bond donors (Lipinski definition) is 6. The number of nitrogens with zero attached hydrogens (tertiary/aromatic N) is 4. The van der Waals surface area contributed by atoms with Crippen LogP contribution in [0, 0.1) is 38.6 Å². The second kappa shape index (κ2) is 23.6. The Hall–Kier alpha value is -6.14. The number of benzene rings is 4. The minimum atomic E-state index is -1.12. The van der Waals surface area contributed by atoms with Crippen molar-refractivity contribution in [3.8, 4) is 11.5 Å². The Kier molecular flexibility index (Phi) is 19.0. The number of amides is 2. The molecule has 14 nitrogen and oxygen atoms in total. The molecule has 6 N–H and O–H groups in total. The number of hydrogen-bond acceptors (Lipinski definition) is 10. The van der Waals surface area contributed by atoms with Crippen LogP contribution in [-0.4, -0.2) is 63.7 Å². The maximum Gasteiger partial charge on any atom is 0.269 e. The molecule has 0 spiro atoms. The third-order valence-corrected chi connectivity index (χ3v) is 9.79. The summed E-state index contributed by atoms with van der Waals surface area (Å²) >= 11 is 12.3. The molecule has 0 bridgehead atoms. The van der Waals surface area contributed by atoms with Crippen molar-refractivity contribution >= 4 is 57.8 Å². The summed E-state index contributed by atoms with van der Waals surface area (Å²) in [7, 11) is 0. The number of ether oxygens (including phenoxy) is 1. The van der Waals surface area contributed by atoms with Gasteiger partial charge in [-0.2, -0.15) is 0 Å². The standard InChI is InChI=1S/C19H18ClFN4O3.C19H16ClFN4O2.C4H8O.CH4/c1-10-14(7-8-15(22-3)16(10)20)23-17(11(2)26)19(28)25-24-18(27)12-5-4-6-13(21)9-12;1-10-14(7-8-15(22-3)16(10)20)23-17(11(2)26)19-25-24-18(27-19)12-5-4-6-13(21)9-12;1-2-4-5-3-1;/h4-9,11,17,23,26H,1-2H3,(H,24,27)(H,25,28);4-9,11,17,23,26H,1-2H3;1-4H2;1H4/t2*11-,17+;;/m00../s1. The zero-order valence-corrected chi connectivity index (χ0v) is 34.4. The minimum Gasteiger partial charge on any atom is -0.418 e. The van der Waals surface area contributed by atoms with E-state index in [1.165, 1.54) is 56.2 Å². The lowest BCUT2D eigenvalue weighted by atomic mass is 10.1. The predicted octanol–water partition coefficient (Wildman–Crippen LogP) is 9.32. The van der Waals surface area contributed by atoms with Crippen molar-refractivity contribution < 1.29 is 37.7 Å². The fourth-order valence-electron chi connectivity index (χ4n) is 5.46. The number of aromatic nitrogens is 2. The lowest BCUT2D eigenvalue weighted by Crippen LogP contribution is -2.52. The summed E-state index contributed by atoms with van der Waals surface area (Å²) in [5, 5.41) is 34.6. The Morgan fingerprint density at radius 2 is 1.34 bits per heavy atom. The van der Waals surface area contributed by atoms with Crippen molar-refractivity contribution in [1.82, 2.24) is 21.0 Å². The number of aliphatic hydroxyl groups excluding tert-OH is 2. The highest BCUT2D eigenvalue weighted by Crippen LogP contribution is 2.36. The molecule has 2 heterocycles. The number of aliphatic hydroxyl groups is 2. The summed E-state index contributed by atoms with van der Waals surface area (Å²) in [4.78, 5) is 31.1. The van der Waals surface area contributed by atoms with Gasteiger partial charge in [0.1, 0.15) is 23.7 Å². The molecular formula is C43H46Cl2F2N8O6. The molecular weight excluding hydrogens is 833 g/mol. The van der Waals surface area contributed by atoms with Gasteiger partial charge in [0.15, 0.2) is 0 Å². The monoisotopic (exact) mass is 878 g/mol. The first kappa shape index (κ1) is 49.2. The van der Waals surface area contributed by atoms with E-state index in [0.717, 1.165) is 19.3 Å². The van der Waals surface area contributed by atoms with Gasteiger partial charge in [-0.3, -0.25) is 20.4 Å². The molecule has 1 saturated heterocycles. The van der Waals surface area contributed by atoms with E-state index in [4.69, 9.17) is 45.5 Å². The number of carbonyl (C=O) groups excluding carboxylic acids is 2. The average Bonchev–Trinajstić information content (AvgIpc) is 3.98. The van der Waals surface area contributed by atoms with Crippen LogP contribution in [0.2, 0.25) is 10.0 Å². The summed E-state index contributed by atoms with van der Waals surface area (Å²) in [5.41, 5.74) is 7.74. The topological polar surface area (TPSA) is 180 Å². The van der Waals surface area contributed by atoms with Crippen LogP contribution >= 0.6 is 23.2 Å². The average molecular weight is 880 g/mol. The maximum atomic E-state index is 13.4. The number of halogens is 4. The molecule has 2 amide bonds. The molecule has 6 rings (SSSR count). The molecule has 0 radical (unpaired) electrons. The second-order valence-corrected chi connectivity index (χ2v) is 14.1. The molecule has 18 heteroatoms. The Morgan fingerprint density at radius 1 is 0.787 bits per heavy atom. The third-order valence-electron chi connectivity index (χ3n) is 8.83. The summed E-state index contributed by atoms with van der Waals surface area (Å²) in [6, 6.07) is 15.3. The van der Waals surface area contributed by atoms with Crippen molar-refractivity contribution in [2.45, 2.75) is 72.3 Å². The third kappa shape index (κ3) is 13.7. The number of nitrogens with one attached hydrogen (secondary N) is 4. The molecule has 0 aliphatic carbocycles. The molecule has 0 saturated carbocycles. The van der Waals surface area contributed by atoms with Gasteiger partial charge in [-0.05, 0) is 100 Å². The van der Waals surface area contributed by atoms with Crippen LogP contribution in [0.5, 0.6) is 0 Å². The van der Waals surface area contributed by atoms with Crippen LogP contribution in [-0.2, 0) is 9.53 Å². The molecule has 0 unspecified atom stereocenters. The molecule has 4 atom stereocenters. The summed E-state index contributed by atoms with van der Waals surface area (Å²) in [6.45, 7) is 22.6. The van der Waals surface area contributed by atoms with Crippen molar-refractivity contribution in [3.05, 3.63) is 140 Å². The molecule has 1 aliphatic heterocycles. The van der Waals surface area contributed by atoms with Crippen molar-refractivity contribution in [1.29, 1.82) is 0 Å². The zero-order chi connectivity index (χ0) is 43.9. The summed E-state index contributed by atoms with van der Waals surface area (Å²) in [6.07, 6.45) is 0.564. The number of carbonyl (C=O) groups is 2. The molecule has 1 fully saturated rings. The van der Waals surface area contributed by atoms with Gasteiger partial charge in [-0.1, -0.05) is 54.9 Å². The minimum absolute atomic E-state index is 0. The van der Waals surface area contributed by atoms with Crippen LogP contribution in [0.4, 0.5) is 31.5 Å². The van der Waals surface area contributed by atoms with Crippen LogP contribution in [0.25, 0.3) is 21.1 Å². The number of rotatable bonds is 10. The van der Waals surface area contributed by atoms with Gasteiger partial charge in [0, 0.05) is 35.7 Å². The van der Waals surface area contributed by atoms with E-state index < -0.39 is 47.7 Å². The highest BCUT2D eigenvalue weighted by Gasteiger charge is 2.27. The lowest BCUT2D eigenvalue weighted by Gasteiger charge is -2.23. The van der Waals surface area contributed by atoms with E-state index in [-0.39, 0.29) is 35.5 Å². The van der Waals surface area contributed by atoms with E-state index in [2.05, 4.69) is 41.4 Å². The molecule has 5 aromatic rings. The highest BCUT2D eigenvalue weighted by atomic mass is 35.5. The normalized spacial score (nSPS) is 13.4. The van der Waals surface area contributed by atoms with Gasteiger partial charge < -0.3 is 30.0 Å². The quantitative estimate of drug-likeness (QED) is 0.0585. The molecule has 1 aliphatic rings. The van der Waals surface area contributed by atoms with E-state index in [0.29, 0.717) is 38.8 Å². The van der Waals surface area contributed by atoms with Crippen molar-refractivity contribution in [2.24, 2.45) is 0 Å². The highest BCUT2D eigenvalue weighted by molar-refractivity contribution is 6.34. The van der Waals surface area contributed by atoms with Gasteiger partial charge in [0.2, 0.25) is 23.2 Å². The SMILES string of the molecule is C.C1CCOC1.[C-]#[N+]c1ccc(N[C@@H](C(=O)NNC(=O)c2cccc(F)c2)[C@H](C)O)c(C)c1Cl.[C-]#[N+]c1ccc(N[C@@H](c2nnc(-c3cccc(F)c3)o2)[C@H](C)O)c(C)c1Cl.